The van der Waals surface area contributed by atoms with Crippen LogP contribution in [0.2, 0.25) is 5.28 Å². The number of fused-ring (bicyclic) bond motifs is 1. The number of H-pyrrole nitrogens is 2. The Morgan fingerprint density at radius 3 is 3.06 bits per heavy atom. The van der Waals surface area contributed by atoms with Gasteiger partial charge in [0.2, 0.25) is 5.28 Å². The second-order valence-electron chi connectivity index (χ2n) is 3.55. The second kappa shape index (κ2) is 4.57. The van der Waals surface area contributed by atoms with Crippen LogP contribution in [-0.4, -0.2) is 41.7 Å². The molecule has 0 fully saturated rings. The van der Waals surface area contributed by atoms with E-state index in [0.29, 0.717) is 24.4 Å². The van der Waals surface area contributed by atoms with Crippen LogP contribution < -0.4 is 5.32 Å². The lowest BCUT2D eigenvalue weighted by molar-refractivity contribution is 0.897. The number of hydrogen-bond acceptors (Lipinski definition) is 6. The van der Waals surface area contributed by atoms with Gasteiger partial charge >= 0.3 is 0 Å². The molecular formula is C9H9ClN8. The van der Waals surface area contributed by atoms with Crippen molar-refractivity contribution in [2.24, 2.45) is 0 Å². The van der Waals surface area contributed by atoms with Crippen LogP contribution in [0.4, 0.5) is 5.82 Å². The van der Waals surface area contributed by atoms with Crippen LogP contribution in [-0.2, 0) is 6.42 Å². The molecule has 92 valence electrons. The van der Waals surface area contributed by atoms with Crippen LogP contribution in [0.1, 0.15) is 5.82 Å². The third-order valence-corrected chi connectivity index (χ3v) is 2.55. The predicted molar refractivity (Wildman–Crippen MR) is 65.3 cm³/mol. The van der Waals surface area contributed by atoms with Crippen molar-refractivity contribution in [1.29, 1.82) is 0 Å². The van der Waals surface area contributed by atoms with E-state index in [1.54, 1.807) is 6.33 Å². The van der Waals surface area contributed by atoms with E-state index in [0.717, 1.165) is 11.3 Å². The molecule has 0 atom stereocenters. The fraction of sp³-hybridized carbons (Fsp3) is 0.222. The molecule has 0 saturated carbocycles. The standard InChI is InChI=1S/C9H9ClN8/c10-9-16-7(6-8(17-9)14-3-13-6)11-2-1-5-12-4-15-18-5/h3-4H,1-2H2,(H,12,15,18)(H2,11,13,14,16,17). The zero-order chi connectivity index (χ0) is 12.4. The summed E-state index contributed by atoms with van der Waals surface area (Å²) in [7, 11) is 0. The Morgan fingerprint density at radius 1 is 1.28 bits per heavy atom. The van der Waals surface area contributed by atoms with E-state index in [1.807, 2.05) is 0 Å². The number of nitrogens with zero attached hydrogens (tertiary/aromatic N) is 5. The quantitative estimate of drug-likeness (QED) is 0.601. The maximum Gasteiger partial charge on any atom is 0.226 e. The Labute approximate surface area is 106 Å². The van der Waals surface area contributed by atoms with Crippen molar-refractivity contribution in [2.75, 3.05) is 11.9 Å². The van der Waals surface area contributed by atoms with Crippen molar-refractivity contribution in [2.45, 2.75) is 6.42 Å². The number of imidazole rings is 1. The monoisotopic (exact) mass is 264 g/mol. The van der Waals surface area contributed by atoms with Gasteiger partial charge in [0.05, 0.1) is 6.33 Å². The first-order valence-corrected chi connectivity index (χ1v) is 5.65. The van der Waals surface area contributed by atoms with Crippen LogP contribution in [0.25, 0.3) is 11.2 Å². The predicted octanol–water partition coefficient (Wildman–Crippen LogP) is 0.779. The molecule has 9 heteroatoms. The van der Waals surface area contributed by atoms with Crippen LogP contribution >= 0.6 is 11.6 Å². The van der Waals surface area contributed by atoms with Gasteiger partial charge in [-0.1, -0.05) is 0 Å². The molecule has 0 spiro atoms. The van der Waals surface area contributed by atoms with Crippen molar-refractivity contribution in [3.05, 3.63) is 23.8 Å². The van der Waals surface area contributed by atoms with Crippen molar-refractivity contribution in [1.82, 2.24) is 35.1 Å². The molecule has 8 nitrogen and oxygen atoms in total. The molecule has 3 N–H and O–H groups in total. The minimum absolute atomic E-state index is 0.164. The Morgan fingerprint density at radius 2 is 2.22 bits per heavy atom. The van der Waals surface area contributed by atoms with Crippen LogP contribution in [0.5, 0.6) is 0 Å². The Bertz CT molecular complexity index is 646. The van der Waals surface area contributed by atoms with Gasteiger partial charge in [-0.25, -0.2) is 9.97 Å². The summed E-state index contributed by atoms with van der Waals surface area (Å²) in [6, 6.07) is 0. The van der Waals surface area contributed by atoms with Gasteiger partial charge in [-0.15, -0.1) is 0 Å². The Balaban J connectivity index is 1.75. The van der Waals surface area contributed by atoms with Gasteiger partial charge in [0.15, 0.2) is 11.5 Å². The summed E-state index contributed by atoms with van der Waals surface area (Å²) in [5, 5.41) is 9.89. The molecule has 18 heavy (non-hydrogen) atoms. The minimum atomic E-state index is 0.164. The lowest BCUT2D eigenvalue weighted by Gasteiger charge is -2.05. The molecule has 0 aromatic carbocycles. The smallest absolute Gasteiger partial charge is 0.226 e. The number of rotatable bonds is 4. The number of hydrogen-bond donors (Lipinski definition) is 3. The average Bonchev–Trinajstić information content (AvgIpc) is 2.98. The van der Waals surface area contributed by atoms with Crippen LogP contribution in [0, 0.1) is 0 Å². The highest BCUT2D eigenvalue weighted by Crippen LogP contribution is 2.18. The largest absolute Gasteiger partial charge is 0.368 e. The van der Waals surface area contributed by atoms with Gasteiger partial charge in [-0.3, -0.25) is 5.10 Å². The molecule has 0 aliphatic rings. The fourth-order valence-corrected chi connectivity index (χ4v) is 1.75. The third-order valence-electron chi connectivity index (χ3n) is 2.38. The lowest BCUT2D eigenvalue weighted by Crippen LogP contribution is -2.08. The van der Waals surface area contributed by atoms with Crippen molar-refractivity contribution in [3.8, 4) is 0 Å². The SMILES string of the molecule is Clc1nc(NCCc2ncn[nH]2)c2[nH]cnc2n1. The summed E-state index contributed by atoms with van der Waals surface area (Å²) >= 11 is 5.81. The zero-order valence-corrected chi connectivity index (χ0v) is 9.94. The molecule has 0 bridgehead atoms. The number of nitrogens with one attached hydrogen (secondary N) is 3. The van der Waals surface area contributed by atoms with E-state index in [1.165, 1.54) is 6.33 Å². The first kappa shape index (κ1) is 10.9. The maximum atomic E-state index is 5.81. The molecule has 3 rings (SSSR count). The first-order chi connectivity index (χ1) is 8.83. The van der Waals surface area contributed by atoms with E-state index in [2.05, 4.69) is 40.4 Å². The highest BCUT2D eigenvalue weighted by Gasteiger charge is 2.08. The highest BCUT2D eigenvalue weighted by atomic mass is 35.5. The molecule has 0 saturated heterocycles. The van der Waals surface area contributed by atoms with Gasteiger partial charge in [0, 0.05) is 13.0 Å². The van der Waals surface area contributed by atoms with E-state index in [9.17, 15) is 0 Å². The summed E-state index contributed by atoms with van der Waals surface area (Å²) in [5.41, 5.74) is 1.27. The summed E-state index contributed by atoms with van der Waals surface area (Å²) < 4.78 is 0. The third kappa shape index (κ3) is 2.09. The molecule has 3 aromatic heterocycles. The molecule has 3 heterocycles. The first-order valence-electron chi connectivity index (χ1n) is 5.27. The summed E-state index contributed by atoms with van der Waals surface area (Å²) in [4.78, 5) is 19.2. The molecule has 0 radical (unpaired) electrons. The van der Waals surface area contributed by atoms with Crippen LogP contribution in [0.3, 0.4) is 0 Å². The molecule has 0 aliphatic heterocycles. The van der Waals surface area contributed by atoms with Gasteiger partial charge in [0.1, 0.15) is 17.7 Å². The van der Waals surface area contributed by atoms with Crippen molar-refractivity contribution in [3.63, 3.8) is 0 Å². The minimum Gasteiger partial charge on any atom is -0.368 e. The number of aromatic nitrogens is 7. The Hall–Kier alpha value is -2.22. The lowest BCUT2D eigenvalue weighted by atomic mass is 10.4. The molecule has 0 unspecified atom stereocenters. The number of anilines is 1. The number of aromatic amines is 2. The van der Waals surface area contributed by atoms with Crippen molar-refractivity contribution >= 4 is 28.6 Å². The molecule has 0 aliphatic carbocycles. The van der Waals surface area contributed by atoms with Crippen LogP contribution in [0.15, 0.2) is 12.7 Å². The summed E-state index contributed by atoms with van der Waals surface area (Å²) in [6.45, 7) is 0.649. The van der Waals surface area contributed by atoms with E-state index < -0.39 is 0 Å². The van der Waals surface area contributed by atoms with E-state index in [-0.39, 0.29) is 5.28 Å². The number of halogens is 1. The summed E-state index contributed by atoms with van der Waals surface area (Å²) in [5.74, 6) is 1.44. The normalized spacial score (nSPS) is 10.9. The van der Waals surface area contributed by atoms with Gasteiger partial charge in [-0.2, -0.15) is 15.1 Å². The average molecular weight is 265 g/mol. The fourth-order valence-electron chi connectivity index (χ4n) is 1.59. The topological polar surface area (TPSA) is 108 Å². The van der Waals surface area contributed by atoms with E-state index in [4.69, 9.17) is 11.6 Å². The van der Waals surface area contributed by atoms with Crippen molar-refractivity contribution < 1.29 is 0 Å². The molecule has 3 aromatic rings. The Kier molecular flexibility index (Phi) is 2.77. The van der Waals surface area contributed by atoms with Gasteiger partial charge in [-0.05, 0) is 11.6 Å². The molecule has 0 amide bonds. The molecular weight excluding hydrogens is 256 g/mol. The highest BCUT2D eigenvalue weighted by molar-refractivity contribution is 6.28. The summed E-state index contributed by atoms with van der Waals surface area (Å²) in [6.07, 6.45) is 3.73. The second-order valence-corrected chi connectivity index (χ2v) is 3.89. The maximum absolute atomic E-state index is 5.81. The van der Waals surface area contributed by atoms with Gasteiger partial charge < -0.3 is 10.3 Å². The van der Waals surface area contributed by atoms with Gasteiger partial charge in [0.25, 0.3) is 0 Å². The van der Waals surface area contributed by atoms with E-state index >= 15 is 0 Å². The zero-order valence-electron chi connectivity index (χ0n) is 9.18.